The van der Waals surface area contributed by atoms with E-state index in [0.29, 0.717) is 11.5 Å². The Bertz CT molecular complexity index is 217. The lowest BCUT2D eigenvalue weighted by Crippen LogP contribution is -2.59. The third-order valence-electron chi connectivity index (χ3n) is 2.66. The van der Waals surface area contributed by atoms with Crippen LogP contribution < -0.4 is 0 Å². The van der Waals surface area contributed by atoms with Crippen molar-refractivity contribution in [1.29, 1.82) is 0 Å². The molecular weight excluding hydrogens is 248 g/mol. The van der Waals surface area contributed by atoms with Crippen LogP contribution in [-0.4, -0.2) is 78.4 Å². The molecule has 1 saturated heterocycles. The van der Waals surface area contributed by atoms with Crippen molar-refractivity contribution in [3.05, 3.63) is 0 Å². The Balaban J connectivity index is 2.59. The largest absolute Gasteiger partial charge is 0.396 e. The highest BCUT2D eigenvalue weighted by molar-refractivity contribution is 7.99. The third kappa shape index (κ3) is 3.78. The van der Waals surface area contributed by atoms with E-state index in [2.05, 4.69) is 0 Å². The maximum Gasteiger partial charge on any atom is 0.186 e. The van der Waals surface area contributed by atoms with E-state index in [0.717, 1.165) is 0 Å². The van der Waals surface area contributed by atoms with Crippen LogP contribution in [0, 0.1) is 0 Å². The van der Waals surface area contributed by atoms with E-state index >= 15 is 0 Å². The quantitative estimate of drug-likeness (QED) is 0.523. The van der Waals surface area contributed by atoms with Crippen molar-refractivity contribution < 1.29 is 29.5 Å². The zero-order valence-corrected chi connectivity index (χ0v) is 10.8. The van der Waals surface area contributed by atoms with E-state index in [1.807, 2.05) is 0 Å². The van der Waals surface area contributed by atoms with Gasteiger partial charge in [0.2, 0.25) is 0 Å². The average Bonchev–Trinajstić information content (AvgIpc) is 2.34. The Labute approximate surface area is 105 Å². The van der Waals surface area contributed by atoms with E-state index in [4.69, 9.17) is 19.3 Å². The molecule has 2 unspecified atom stereocenters. The lowest BCUT2D eigenvalue weighted by molar-refractivity contribution is -0.288. The fourth-order valence-electron chi connectivity index (χ4n) is 1.79. The molecule has 17 heavy (non-hydrogen) atoms. The zero-order valence-electron chi connectivity index (χ0n) is 9.98. The average molecular weight is 268 g/mol. The Hall–Kier alpha value is 0.110. The molecule has 7 heteroatoms. The molecule has 1 aliphatic heterocycles. The van der Waals surface area contributed by atoms with Gasteiger partial charge in [0.25, 0.3) is 0 Å². The van der Waals surface area contributed by atoms with Crippen molar-refractivity contribution in [2.24, 2.45) is 0 Å². The monoisotopic (exact) mass is 268 g/mol. The minimum absolute atomic E-state index is 0.0912. The molecule has 0 bridgehead atoms. The van der Waals surface area contributed by atoms with Gasteiger partial charge >= 0.3 is 0 Å². The predicted octanol–water partition coefficient (Wildman–Crippen LogP) is -1.18. The van der Waals surface area contributed by atoms with Gasteiger partial charge in [-0.1, -0.05) is 0 Å². The van der Waals surface area contributed by atoms with E-state index in [1.54, 1.807) is 0 Å². The number of thioether (sulfide) groups is 1. The Morgan fingerprint density at radius 3 is 2.41 bits per heavy atom. The maximum atomic E-state index is 9.87. The molecule has 102 valence electrons. The van der Waals surface area contributed by atoms with E-state index in [1.165, 1.54) is 26.0 Å². The summed E-state index contributed by atoms with van der Waals surface area (Å²) < 4.78 is 15.6. The molecule has 5 atom stereocenters. The van der Waals surface area contributed by atoms with Crippen LogP contribution in [0.1, 0.15) is 0 Å². The van der Waals surface area contributed by atoms with Crippen molar-refractivity contribution >= 4 is 11.8 Å². The summed E-state index contributed by atoms with van der Waals surface area (Å²) in [6, 6.07) is 0. The molecular formula is C10H20O6S. The smallest absolute Gasteiger partial charge is 0.186 e. The lowest BCUT2D eigenvalue weighted by atomic mass is 10.00. The summed E-state index contributed by atoms with van der Waals surface area (Å²) in [5.41, 5.74) is 0. The van der Waals surface area contributed by atoms with Gasteiger partial charge in [-0.15, -0.1) is 0 Å². The molecule has 0 spiro atoms. The van der Waals surface area contributed by atoms with Crippen molar-refractivity contribution in [3.8, 4) is 0 Å². The van der Waals surface area contributed by atoms with E-state index in [9.17, 15) is 10.2 Å². The topological polar surface area (TPSA) is 88.4 Å². The van der Waals surface area contributed by atoms with Gasteiger partial charge in [0.05, 0.1) is 12.7 Å². The minimum atomic E-state index is -1.12. The van der Waals surface area contributed by atoms with Crippen LogP contribution >= 0.6 is 11.8 Å². The first-order valence-electron chi connectivity index (χ1n) is 5.41. The molecule has 6 nitrogen and oxygen atoms in total. The SMILES string of the molecule is CO[C@H]1OC(CSCCO)[C@@H](OC)[C@H](O)C1O. The highest BCUT2D eigenvalue weighted by atomic mass is 32.2. The summed E-state index contributed by atoms with van der Waals surface area (Å²) in [5.74, 6) is 1.15. The number of ether oxygens (including phenoxy) is 3. The van der Waals surface area contributed by atoms with Crippen molar-refractivity contribution in [2.75, 3.05) is 32.3 Å². The van der Waals surface area contributed by atoms with Gasteiger partial charge in [-0.2, -0.15) is 11.8 Å². The summed E-state index contributed by atoms with van der Waals surface area (Å²) >= 11 is 1.49. The molecule has 0 aromatic rings. The maximum absolute atomic E-state index is 9.87. The molecule has 1 heterocycles. The van der Waals surface area contributed by atoms with E-state index in [-0.39, 0.29) is 12.7 Å². The molecule has 1 rings (SSSR count). The second kappa shape index (κ2) is 7.52. The molecule has 1 aliphatic rings. The summed E-state index contributed by atoms with van der Waals surface area (Å²) in [7, 11) is 2.87. The van der Waals surface area contributed by atoms with Crippen LogP contribution in [0.25, 0.3) is 0 Å². The second-order valence-electron chi connectivity index (χ2n) is 3.76. The van der Waals surface area contributed by atoms with E-state index < -0.39 is 24.6 Å². The van der Waals surface area contributed by atoms with Gasteiger partial charge in [-0.3, -0.25) is 0 Å². The third-order valence-corrected chi connectivity index (χ3v) is 3.70. The summed E-state index contributed by atoms with van der Waals surface area (Å²) in [5, 5.41) is 28.3. The van der Waals surface area contributed by atoms with Crippen molar-refractivity contribution in [2.45, 2.75) is 30.7 Å². The fraction of sp³-hybridized carbons (Fsp3) is 1.00. The molecule has 0 radical (unpaired) electrons. The normalized spacial score (nSPS) is 38.3. The molecule has 0 saturated carbocycles. The first-order valence-corrected chi connectivity index (χ1v) is 6.57. The first-order chi connectivity index (χ1) is 8.15. The molecule has 0 aromatic heterocycles. The summed E-state index contributed by atoms with van der Waals surface area (Å²) in [6.07, 6.45) is -3.99. The summed E-state index contributed by atoms with van der Waals surface area (Å²) in [4.78, 5) is 0. The van der Waals surface area contributed by atoms with Crippen LogP contribution in [0.4, 0.5) is 0 Å². The number of hydrogen-bond donors (Lipinski definition) is 3. The van der Waals surface area contributed by atoms with Crippen molar-refractivity contribution in [3.63, 3.8) is 0 Å². The molecule has 1 fully saturated rings. The van der Waals surface area contributed by atoms with Gasteiger partial charge in [0.15, 0.2) is 6.29 Å². The molecule has 0 aromatic carbocycles. The number of methoxy groups -OCH3 is 2. The Kier molecular flexibility index (Phi) is 6.71. The highest BCUT2D eigenvalue weighted by Gasteiger charge is 2.44. The van der Waals surface area contributed by atoms with Gasteiger partial charge in [-0.25, -0.2) is 0 Å². The first kappa shape index (κ1) is 15.2. The number of aliphatic hydroxyl groups excluding tert-OH is 3. The van der Waals surface area contributed by atoms with Crippen LogP contribution in [0.2, 0.25) is 0 Å². The molecule has 0 amide bonds. The lowest BCUT2D eigenvalue weighted by Gasteiger charge is -2.41. The van der Waals surface area contributed by atoms with Crippen molar-refractivity contribution in [1.82, 2.24) is 0 Å². The standard InChI is InChI=1S/C10H20O6S/c1-14-9-6(5-17-4-3-11)16-10(15-2)8(13)7(9)12/h6-13H,3-5H2,1-2H3/t6?,7-,8?,9-,10+/m1/s1. The van der Waals surface area contributed by atoms with Crippen LogP contribution in [0.3, 0.4) is 0 Å². The predicted molar refractivity (Wildman–Crippen MR) is 62.9 cm³/mol. The Morgan fingerprint density at radius 2 is 1.88 bits per heavy atom. The minimum Gasteiger partial charge on any atom is -0.396 e. The molecule has 0 aliphatic carbocycles. The van der Waals surface area contributed by atoms with Crippen LogP contribution in [0.15, 0.2) is 0 Å². The number of rotatable bonds is 6. The zero-order chi connectivity index (χ0) is 12.8. The van der Waals surface area contributed by atoms with Gasteiger partial charge in [0, 0.05) is 25.7 Å². The number of aliphatic hydroxyl groups is 3. The Morgan fingerprint density at radius 1 is 1.18 bits per heavy atom. The highest BCUT2D eigenvalue weighted by Crippen LogP contribution is 2.25. The number of hydrogen-bond acceptors (Lipinski definition) is 7. The van der Waals surface area contributed by atoms with Gasteiger partial charge < -0.3 is 29.5 Å². The van der Waals surface area contributed by atoms with Gasteiger partial charge in [-0.05, 0) is 0 Å². The van der Waals surface area contributed by atoms with Crippen LogP contribution in [-0.2, 0) is 14.2 Å². The molecule has 3 N–H and O–H groups in total. The van der Waals surface area contributed by atoms with Crippen LogP contribution in [0.5, 0.6) is 0 Å². The summed E-state index contributed by atoms with van der Waals surface area (Å²) in [6.45, 7) is 0.0912. The second-order valence-corrected chi connectivity index (χ2v) is 4.91. The van der Waals surface area contributed by atoms with Gasteiger partial charge in [0.1, 0.15) is 18.3 Å². The fourth-order valence-corrected chi connectivity index (χ4v) is 2.59.